The zero-order valence-corrected chi connectivity index (χ0v) is 10.4. The molecule has 0 bridgehead atoms. The van der Waals surface area contributed by atoms with Gasteiger partial charge >= 0.3 is 0 Å². The quantitative estimate of drug-likeness (QED) is 0.618. The van der Waals surface area contributed by atoms with Crippen molar-refractivity contribution in [3.8, 4) is 0 Å². The number of benzene rings is 1. The van der Waals surface area contributed by atoms with Crippen LogP contribution in [0.15, 0.2) is 48.8 Å². The van der Waals surface area contributed by atoms with E-state index in [-0.39, 0.29) is 5.78 Å². The van der Waals surface area contributed by atoms with Crippen LogP contribution in [-0.4, -0.2) is 5.78 Å². The van der Waals surface area contributed by atoms with Gasteiger partial charge in [0.1, 0.15) is 0 Å². The molecule has 0 unspecified atom stereocenters. The normalized spacial score (nSPS) is 10.2. The third-order valence-corrected chi connectivity index (χ3v) is 2.85. The van der Waals surface area contributed by atoms with E-state index in [1.54, 1.807) is 53.4 Å². The zero-order chi connectivity index (χ0) is 12.3. The van der Waals surface area contributed by atoms with Gasteiger partial charge in [0.25, 0.3) is 0 Å². The largest absolute Gasteiger partial charge is 0.287 e. The van der Waals surface area contributed by atoms with E-state index in [4.69, 9.17) is 23.2 Å². The minimum absolute atomic E-state index is 0.0361. The van der Waals surface area contributed by atoms with Crippen LogP contribution in [0.4, 0.5) is 0 Å². The summed E-state index contributed by atoms with van der Waals surface area (Å²) in [5.41, 5.74) is 0.650. The molecule has 86 valence electrons. The number of aromatic nitrogens is 1. The van der Waals surface area contributed by atoms with Crippen LogP contribution in [0, 0.1) is 0 Å². The van der Waals surface area contributed by atoms with E-state index in [1.165, 1.54) is 0 Å². The summed E-state index contributed by atoms with van der Waals surface area (Å²) in [5, 5.41) is 1.28. The van der Waals surface area contributed by atoms with Gasteiger partial charge < -0.3 is 0 Å². The molecule has 2 rings (SSSR count). The maximum absolute atomic E-state index is 11.9. The molecule has 0 fully saturated rings. The SMILES string of the molecule is O=C(C[n+]1ccc(Cl)cc1)c1ccc(Cl)cc1. The Kier molecular flexibility index (Phi) is 3.77. The molecule has 0 aliphatic heterocycles. The van der Waals surface area contributed by atoms with E-state index in [9.17, 15) is 4.79 Å². The van der Waals surface area contributed by atoms with Crippen molar-refractivity contribution in [2.24, 2.45) is 0 Å². The van der Waals surface area contributed by atoms with Gasteiger partial charge in [0.2, 0.25) is 12.3 Å². The summed E-state index contributed by atoms with van der Waals surface area (Å²) >= 11 is 11.5. The predicted octanol–water partition coefficient (Wildman–Crippen LogP) is 3.16. The zero-order valence-electron chi connectivity index (χ0n) is 8.94. The third-order valence-electron chi connectivity index (χ3n) is 2.34. The highest BCUT2D eigenvalue weighted by Gasteiger charge is 2.11. The van der Waals surface area contributed by atoms with Gasteiger partial charge in [-0.1, -0.05) is 23.2 Å². The number of pyridine rings is 1. The number of nitrogens with zero attached hydrogens (tertiary/aromatic N) is 1. The van der Waals surface area contributed by atoms with E-state index >= 15 is 0 Å². The summed E-state index contributed by atoms with van der Waals surface area (Å²) in [6.07, 6.45) is 3.55. The molecule has 0 aliphatic rings. The topological polar surface area (TPSA) is 20.9 Å². The van der Waals surface area contributed by atoms with Crippen molar-refractivity contribution in [3.63, 3.8) is 0 Å². The first-order chi connectivity index (χ1) is 8.15. The van der Waals surface area contributed by atoms with Crippen LogP contribution in [0.2, 0.25) is 10.0 Å². The van der Waals surface area contributed by atoms with Crippen LogP contribution in [0.25, 0.3) is 0 Å². The fourth-order valence-corrected chi connectivity index (χ4v) is 1.68. The van der Waals surface area contributed by atoms with Gasteiger partial charge in [-0.05, 0) is 24.3 Å². The van der Waals surface area contributed by atoms with Crippen LogP contribution < -0.4 is 4.57 Å². The van der Waals surface area contributed by atoms with E-state index < -0.39 is 0 Å². The molecule has 1 aromatic carbocycles. The van der Waals surface area contributed by atoms with Crippen molar-refractivity contribution in [1.29, 1.82) is 0 Å². The fourth-order valence-electron chi connectivity index (χ4n) is 1.44. The standard InChI is InChI=1S/C13H10Cl2NO/c14-11-3-1-10(2-4-11)13(17)9-16-7-5-12(15)6-8-16/h1-8H,9H2/q+1. The molecule has 2 nitrogen and oxygen atoms in total. The lowest BCUT2D eigenvalue weighted by atomic mass is 10.1. The average molecular weight is 267 g/mol. The van der Waals surface area contributed by atoms with Gasteiger partial charge in [-0.2, -0.15) is 4.57 Å². The van der Waals surface area contributed by atoms with Crippen LogP contribution in [0.3, 0.4) is 0 Å². The lowest BCUT2D eigenvalue weighted by Gasteiger charge is -1.98. The highest BCUT2D eigenvalue weighted by atomic mass is 35.5. The Morgan fingerprint density at radius 1 is 0.941 bits per heavy atom. The van der Waals surface area contributed by atoms with Crippen LogP contribution in [0.5, 0.6) is 0 Å². The number of hydrogen-bond acceptors (Lipinski definition) is 1. The second-order valence-electron chi connectivity index (χ2n) is 3.62. The maximum atomic E-state index is 11.9. The van der Waals surface area contributed by atoms with Crippen molar-refractivity contribution in [3.05, 3.63) is 64.4 Å². The average Bonchev–Trinajstić information content (AvgIpc) is 2.33. The molecule has 1 aromatic heterocycles. The Bertz CT molecular complexity index is 520. The Labute approximate surface area is 109 Å². The molecule has 0 amide bonds. The fraction of sp³-hybridized carbons (Fsp3) is 0.0769. The molecule has 0 saturated carbocycles. The lowest BCUT2D eigenvalue weighted by Crippen LogP contribution is -2.36. The summed E-state index contributed by atoms with van der Waals surface area (Å²) in [6.45, 7) is 0.290. The van der Waals surface area contributed by atoms with Gasteiger partial charge in [-0.3, -0.25) is 4.79 Å². The van der Waals surface area contributed by atoms with E-state index in [1.807, 2.05) is 0 Å². The summed E-state index contributed by atoms with van der Waals surface area (Å²) in [7, 11) is 0. The first-order valence-corrected chi connectivity index (χ1v) is 5.84. The van der Waals surface area contributed by atoms with Crippen molar-refractivity contribution in [1.82, 2.24) is 0 Å². The summed E-state index contributed by atoms with van der Waals surface area (Å²) in [4.78, 5) is 11.9. The second kappa shape index (κ2) is 5.30. The number of carbonyl (C=O) groups is 1. The highest BCUT2D eigenvalue weighted by molar-refractivity contribution is 6.30. The molecule has 0 radical (unpaired) electrons. The van der Waals surface area contributed by atoms with E-state index in [0.717, 1.165) is 0 Å². The minimum Gasteiger partial charge on any atom is -0.287 e. The smallest absolute Gasteiger partial charge is 0.227 e. The number of ketones is 1. The lowest BCUT2D eigenvalue weighted by molar-refractivity contribution is -0.683. The van der Waals surface area contributed by atoms with Crippen LogP contribution in [-0.2, 0) is 6.54 Å². The Hall–Kier alpha value is -1.38. The molecule has 17 heavy (non-hydrogen) atoms. The Balaban J connectivity index is 2.11. The van der Waals surface area contributed by atoms with Gasteiger partial charge in [0, 0.05) is 22.7 Å². The van der Waals surface area contributed by atoms with Gasteiger partial charge in [-0.15, -0.1) is 0 Å². The van der Waals surface area contributed by atoms with Crippen LogP contribution in [0.1, 0.15) is 10.4 Å². The van der Waals surface area contributed by atoms with Crippen LogP contribution >= 0.6 is 23.2 Å². The Morgan fingerprint density at radius 2 is 1.47 bits per heavy atom. The maximum Gasteiger partial charge on any atom is 0.227 e. The molecule has 1 heterocycles. The van der Waals surface area contributed by atoms with Crippen molar-refractivity contribution in [2.45, 2.75) is 6.54 Å². The van der Waals surface area contributed by atoms with Gasteiger partial charge in [0.05, 0.1) is 5.02 Å². The molecular formula is C13H10Cl2NO+. The molecule has 0 aliphatic carbocycles. The first kappa shape index (κ1) is 12.1. The molecule has 0 N–H and O–H groups in total. The number of hydrogen-bond donors (Lipinski definition) is 0. The van der Waals surface area contributed by atoms with Gasteiger partial charge in [0.15, 0.2) is 12.4 Å². The number of Topliss-reactive ketones (excluding diaryl/α,β-unsaturated/α-hetero) is 1. The summed E-state index contributed by atoms with van der Waals surface area (Å²) in [6, 6.07) is 10.4. The number of halogens is 2. The second-order valence-corrected chi connectivity index (χ2v) is 4.49. The van der Waals surface area contributed by atoms with Crippen molar-refractivity contribution >= 4 is 29.0 Å². The minimum atomic E-state index is 0.0361. The van der Waals surface area contributed by atoms with E-state index in [0.29, 0.717) is 22.2 Å². The molecule has 0 saturated heterocycles. The van der Waals surface area contributed by atoms with Crippen molar-refractivity contribution in [2.75, 3.05) is 0 Å². The van der Waals surface area contributed by atoms with E-state index in [2.05, 4.69) is 0 Å². The summed E-state index contributed by atoms with van der Waals surface area (Å²) < 4.78 is 1.78. The molecule has 4 heteroatoms. The number of carbonyl (C=O) groups excluding carboxylic acids is 1. The van der Waals surface area contributed by atoms with Crippen molar-refractivity contribution < 1.29 is 9.36 Å². The molecule has 0 atom stereocenters. The number of rotatable bonds is 3. The third kappa shape index (κ3) is 3.29. The summed E-state index contributed by atoms with van der Waals surface area (Å²) in [5.74, 6) is 0.0361. The predicted molar refractivity (Wildman–Crippen MR) is 67.4 cm³/mol. The molecule has 2 aromatic rings. The molecule has 0 spiro atoms. The highest BCUT2D eigenvalue weighted by Crippen LogP contribution is 2.10. The van der Waals surface area contributed by atoms with Gasteiger partial charge in [-0.25, -0.2) is 0 Å². The Morgan fingerprint density at radius 3 is 2.06 bits per heavy atom. The monoisotopic (exact) mass is 266 g/mol. The first-order valence-electron chi connectivity index (χ1n) is 5.08. The molecular weight excluding hydrogens is 257 g/mol.